The Morgan fingerprint density at radius 3 is 2.84 bits per heavy atom. The molecule has 0 aliphatic rings. The lowest BCUT2D eigenvalue weighted by Crippen LogP contribution is -2.20. The van der Waals surface area contributed by atoms with Crippen LogP contribution in [0.1, 0.15) is 5.56 Å². The highest BCUT2D eigenvalue weighted by Crippen LogP contribution is 2.34. The largest absolute Gasteiger partial charge is 0.473 e. The number of ether oxygens (including phenoxy) is 1. The van der Waals surface area contributed by atoms with Crippen molar-refractivity contribution in [1.29, 1.82) is 0 Å². The van der Waals surface area contributed by atoms with Crippen molar-refractivity contribution in [3.63, 3.8) is 0 Å². The van der Waals surface area contributed by atoms with Crippen molar-refractivity contribution in [3.05, 3.63) is 96.2 Å². The van der Waals surface area contributed by atoms with Crippen LogP contribution in [-0.4, -0.2) is 27.4 Å². The summed E-state index contributed by atoms with van der Waals surface area (Å²) < 4.78 is 12.9. The second kappa shape index (κ2) is 9.89. The van der Waals surface area contributed by atoms with E-state index in [2.05, 4.69) is 31.9 Å². The van der Waals surface area contributed by atoms with Gasteiger partial charge >= 0.3 is 5.69 Å². The van der Waals surface area contributed by atoms with Crippen LogP contribution in [0.2, 0.25) is 5.02 Å². The maximum Gasteiger partial charge on any atom is 0.312 e. The van der Waals surface area contributed by atoms with Crippen molar-refractivity contribution in [1.82, 2.24) is 9.66 Å². The highest BCUT2D eigenvalue weighted by molar-refractivity contribution is 9.10. The highest BCUT2D eigenvalue weighted by Gasteiger charge is 2.21. The van der Waals surface area contributed by atoms with Crippen molar-refractivity contribution in [2.24, 2.45) is 5.10 Å². The molecule has 0 unspecified atom stereocenters. The van der Waals surface area contributed by atoms with Crippen molar-refractivity contribution < 1.29 is 14.1 Å². The lowest BCUT2D eigenvalue weighted by Gasteiger charge is -2.09. The SMILES string of the molecule is C#CCOc1c(C=Nn2c(-c3cc4cc(Cl)ccc4o3)nc3ccccc3c2=O)cc(Br)cc1[N+](=O)[O-]. The standard InChI is InChI=1S/C26H14BrClN4O5/c1-2-9-36-24-16(10-17(27)13-21(24)32(34)35)14-29-31-25(30-20-6-4-3-5-19(20)26(31)33)23-12-15-11-18(28)7-8-22(15)37-23/h1,3-8,10-14H,9H2. The number of aromatic nitrogens is 2. The smallest absolute Gasteiger partial charge is 0.312 e. The summed E-state index contributed by atoms with van der Waals surface area (Å²) in [4.78, 5) is 29.1. The molecule has 0 atom stereocenters. The molecule has 2 heterocycles. The van der Waals surface area contributed by atoms with Gasteiger partial charge in [-0.05, 0) is 42.5 Å². The molecule has 0 aliphatic carbocycles. The summed E-state index contributed by atoms with van der Waals surface area (Å²) in [6.45, 7) is -0.201. The van der Waals surface area contributed by atoms with Crippen LogP contribution in [-0.2, 0) is 0 Å². The Kier molecular flexibility index (Phi) is 6.48. The van der Waals surface area contributed by atoms with E-state index in [1.807, 2.05) is 0 Å². The first-order valence-corrected chi connectivity index (χ1v) is 11.8. The van der Waals surface area contributed by atoms with Gasteiger partial charge in [0.2, 0.25) is 11.6 Å². The molecule has 0 saturated heterocycles. The van der Waals surface area contributed by atoms with Crippen LogP contribution in [0.5, 0.6) is 5.75 Å². The van der Waals surface area contributed by atoms with Crippen LogP contribution in [0.4, 0.5) is 5.69 Å². The minimum absolute atomic E-state index is 0.0865. The quantitative estimate of drug-likeness (QED) is 0.105. The van der Waals surface area contributed by atoms with E-state index in [0.29, 0.717) is 31.4 Å². The normalized spacial score (nSPS) is 11.3. The van der Waals surface area contributed by atoms with Crippen LogP contribution in [0.3, 0.4) is 0 Å². The molecule has 0 saturated carbocycles. The van der Waals surface area contributed by atoms with E-state index in [1.165, 1.54) is 12.3 Å². The van der Waals surface area contributed by atoms with Crippen molar-refractivity contribution >= 4 is 61.3 Å². The number of fused-ring (bicyclic) bond motifs is 2. The average Bonchev–Trinajstić information content (AvgIpc) is 3.30. The van der Waals surface area contributed by atoms with Crippen LogP contribution in [0.15, 0.2) is 79.4 Å². The fourth-order valence-electron chi connectivity index (χ4n) is 3.74. The fourth-order valence-corrected chi connectivity index (χ4v) is 4.38. The van der Waals surface area contributed by atoms with Crippen molar-refractivity contribution in [3.8, 4) is 29.7 Å². The fraction of sp³-hybridized carbons (Fsp3) is 0.0385. The monoisotopic (exact) mass is 576 g/mol. The van der Waals surface area contributed by atoms with Crippen LogP contribution >= 0.6 is 27.5 Å². The number of furan rings is 1. The number of terminal acetylenes is 1. The molecule has 5 rings (SSSR count). The maximum absolute atomic E-state index is 13.5. The maximum atomic E-state index is 13.5. The summed E-state index contributed by atoms with van der Waals surface area (Å²) in [7, 11) is 0. The van der Waals surface area contributed by atoms with Gasteiger partial charge in [0, 0.05) is 26.5 Å². The van der Waals surface area contributed by atoms with E-state index in [4.69, 9.17) is 27.2 Å². The van der Waals surface area contributed by atoms with E-state index in [1.54, 1.807) is 54.6 Å². The van der Waals surface area contributed by atoms with Gasteiger partial charge in [-0.15, -0.1) is 6.42 Å². The lowest BCUT2D eigenvalue weighted by molar-refractivity contribution is -0.385. The third-order valence-electron chi connectivity index (χ3n) is 5.32. The van der Waals surface area contributed by atoms with Gasteiger partial charge in [0.1, 0.15) is 12.2 Å². The van der Waals surface area contributed by atoms with Gasteiger partial charge in [-0.3, -0.25) is 14.9 Å². The van der Waals surface area contributed by atoms with Gasteiger partial charge in [-0.25, -0.2) is 4.98 Å². The Labute approximate surface area is 222 Å². The van der Waals surface area contributed by atoms with Gasteiger partial charge in [0.05, 0.1) is 22.0 Å². The Morgan fingerprint density at radius 1 is 1.24 bits per heavy atom. The van der Waals surface area contributed by atoms with Crippen LogP contribution < -0.4 is 10.3 Å². The molecule has 0 aliphatic heterocycles. The molecule has 0 radical (unpaired) electrons. The zero-order chi connectivity index (χ0) is 26.1. The number of rotatable bonds is 6. The van der Waals surface area contributed by atoms with E-state index in [9.17, 15) is 14.9 Å². The topological polar surface area (TPSA) is 113 Å². The summed E-state index contributed by atoms with van der Waals surface area (Å²) in [6.07, 6.45) is 6.55. The molecule has 5 aromatic rings. The van der Waals surface area contributed by atoms with Gasteiger partial charge in [0.25, 0.3) is 5.56 Å². The second-order valence-electron chi connectivity index (χ2n) is 7.70. The molecule has 0 amide bonds. The van der Waals surface area contributed by atoms with E-state index >= 15 is 0 Å². The number of nitrogens with zero attached hydrogens (tertiary/aromatic N) is 4. The van der Waals surface area contributed by atoms with Gasteiger partial charge in [-0.2, -0.15) is 9.78 Å². The first kappa shape index (κ1) is 24.2. The van der Waals surface area contributed by atoms with Crippen molar-refractivity contribution in [2.45, 2.75) is 0 Å². The van der Waals surface area contributed by atoms with Gasteiger partial charge in [-0.1, -0.05) is 45.6 Å². The predicted octanol–water partition coefficient (Wildman–Crippen LogP) is 6.03. The van der Waals surface area contributed by atoms with Crippen molar-refractivity contribution in [2.75, 3.05) is 6.61 Å². The predicted molar refractivity (Wildman–Crippen MR) is 144 cm³/mol. The van der Waals surface area contributed by atoms with Gasteiger partial charge < -0.3 is 9.15 Å². The highest BCUT2D eigenvalue weighted by atomic mass is 79.9. The van der Waals surface area contributed by atoms with Crippen LogP contribution in [0.25, 0.3) is 33.5 Å². The number of benzene rings is 3. The third kappa shape index (κ3) is 4.70. The number of hydrogen-bond acceptors (Lipinski definition) is 7. The Balaban J connectivity index is 1.73. The Hall–Kier alpha value is -4.46. The number of para-hydroxylation sites is 1. The third-order valence-corrected chi connectivity index (χ3v) is 6.02. The summed E-state index contributed by atoms with van der Waals surface area (Å²) in [6, 6.07) is 16.5. The number of nitro groups is 1. The zero-order valence-electron chi connectivity index (χ0n) is 18.7. The molecule has 9 nitrogen and oxygen atoms in total. The molecule has 37 heavy (non-hydrogen) atoms. The molecule has 0 spiro atoms. The number of hydrogen-bond donors (Lipinski definition) is 0. The number of halogens is 2. The second-order valence-corrected chi connectivity index (χ2v) is 9.05. The average molecular weight is 578 g/mol. The molecule has 182 valence electrons. The summed E-state index contributed by atoms with van der Waals surface area (Å²) >= 11 is 9.38. The summed E-state index contributed by atoms with van der Waals surface area (Å²) in [5.41, 5.74) is 0.433. The molecule has 0 fully saturated rings. The first-order valence-electron chi connectivity index (χ1n) is 10.7. The first-order chi connectivity index (χ1) is 17.9. The summed E-state index contributed by atoms with van der Waals surface area (Å²) in [5, 5.41) is 17.6. The molecule has 0 bridgehead atoms. The zero-order valence-corrected chi connectivity index (χ0v) is 21.1. The van der Waals surface area contributed by atoms with E-state index in [-0.39, 0.29) is 35.2 Å². The minimum Gasteiger partial charge on any atom is -0.473 e. The molecule has 3 aromatic carbocycles. The van der Waals surface area contributed by atoms with E-state index < -0.39 is 10.5 Å². The minimum atomic E-state index is -0.595. The number of nitro benzene ring substituents is 1. The molecular weight excluding hydrogens is 564 g/mol. The Morgan fingerprint density at radius 2 is 2.05 bits per heavy atom. The van der Waals surface area contributed by atoms with Crippen LogP contribution in [0, 0.1) is 22.5 Å². The van der Waals surface area contributed by atoms with E-state index in [0.717, 1.165) is 4.68 Å². The lowest BCUT2D eigenvalue weighted by atomic mass is 10.2. The van der Waals surface area contributed by atoms with Gasteiger partial charge in [0.15, 0.2) is 5.76 Å². The Bertz CT molecular complexity index is 1840. The molecular formula is C26H14BrClN4O5. The molecule has 11 heteroatoms. The summed E-state index contributed by atoms with van der Waals surface area (Å²) in [5.74, 6) is 2.61. The molecule has 2 aromatic heterocycles. The molecule has 0 N–H and O–H groups in total.